The predicted octanol–water partition coefficient (Wildman–Crippen LogP) is 1.09. The summed E-state index contributed by atoms with van der Waals surface area (Å²) in [7, 11) is 1.55. The molecule has 0 aliphatic rings. The molecule has 5 heteroatoms. The Morgan fingerprint density at radius 1 is 1.30 bits per heavy atom. The van der Waals surface area contributed by atoms with Gasteiger partial charge in [0, 0.05) is 13.6 Å². The number of carbonyl (C=O) groups is 2. The van der Waals surface area contributed by atoms with E-state index >= 15 is 0 Å². The van der Waals surface area contributed by atoms with Crippen LogP contribution in [0.5, 0.6) is 0 Å². The minimum Gasteiger partial charge on any atom is -0.358 e. The number of benzene rings is 1. The van der Waals surface area contributed by atoms with Crippen LogP contribution in [0.25, 0.3) is 0 Å². The first-order chi connectivity index (χ1) is 9.60. The molecule has 0 fully saturated rings. The van der Waals surface area contributed by atoms with E-state index in [1.165, 1.54) is 0 Å². The van der Waals surface area contributed by atoms with E-state index in [-0.39, 0.29) is 24.8 Å². The van der Waals surface area contributed by atoms with E-state index in [0.717, 1.165) is 12.0 Å². The maximum Gasteiger partial charge on any atom is 0.239 e. The second-order valence-corrected chi connectivity index (χ2v) is 4.47. The number of hydrogen-bond donors (Lipinski definition) is 1. The Balaban J connectivity index is 2.69. The molecule has 0 radical (unpaired) electrons. The maximum atomic E-state index is 12.2. The normalized spacial score (nSPS) is 9.65. The number of likely N-dealkylation sites (N-methyl/N-ethyl adjacent to an activating group) is 1. The standard InChI is InChI=1S/C15H19N3O2/c1-3-8-18(11-14(19)17-2)15(20)9-12-4-6-13(10-16)7-5-12/h4-7H,3,8-9,11H2,1-2H3,(H,17,19). The highest BCUT2D eigenvalue weighted by molar-refractivity contribution is 5.85. The van der Waals surface area contributed by atoms with Crippen LogP contribution in [0.2, 0.25) is 0 Å². The first-order valence-corrected chi connectivity index (χ1v) is 6.58. The molecule has 106 valence electrons. The van der Waals surface area contributed by atoms with Crippen LogP contribution in [0.15, 0.2) is 24.3 Å². The molecular formula is C15H19N3O2. The zero-order valence-electron chi connectivity index (χ0n) is 11.8. The molecule has 0 spiro atoms. The fourth-order valence-electron chi connectivity index (χ4n) is 1.80. The van der Waals surface area contributed by atoms with Crippen LogP contribution in [0, 0.1) is 11.3 Å². The number of nitriles is 1. The zero-order chi connectivity index (χ0) is 15.0. The lowest BCUT2D eigenvalue weighted by molar-refractivity contribution is -0.135. The summed E-state index contributed by atoms with van der Waals surface area (Å²) in [5, 5.41) is 11.2. The second kappa shape index (κ2) is 7.95. The predicted molar refractivity (Wildman–Crippen MR) is 75.8 cm³/mol. The Morgan fingerprint density at radius 3 is 2.45 bits per heavy atom. The number of nitrogens with zero attached hydrogens (tertiary/aromatic N) is 2. The van der Waals surface area contributed by atoms with Gasteiger partial charge < -0.3 is 10.2 Å². The maximum absolute atomic E-state index is 12.2. The van der Waals surface area contributed by atoms with Gasteiger partial charge in [-0.3, -0.25) is 9.59 Å². The molecule has 0 saturated heterocycles. The van der Waals surface area contributed by atoms with E-state index in [0.29, 0.717) is 12.1 Å². The molecule has 0 aliphatic heterocycles. The average molecular weight is 273 g/mol. The van der Waals surface area contributed by atoms with Gasteiger partial charge in [-0.05, 0) is 24.1 Å². The van der Waals surface area contributed by atoms with Crippen LogP contribution >= 0.6 is 0 Å². The van der Waals surface area contributed by atoms with Crippen molar-refractivity contribution in [2.45, 2.75) is 19.8 Å². The monoisotopic (exact) mass is 273 g/mol. The summed E-state index contributed by atoms with van der Waals surface area (Å²) in [6.07, 6.45) is 1.04. The molecule has 0 unspecified atom stereocenters. The third-order valence-corrected chi connectivity index (χ3v) is 2.90. The lowest BCUT2D eigenvalue weighted by atomic mass is 10.1. The van der Waals surface area contributed by atoms with Crippen molar-refractivity contribution in [3.05, 3.63) is 35.4 Å². The van der Waals surface area contributed by atoms with Crippen molar-refractivity contribution in [1.82, 2.24) is 10.2 Å². The summed E-state index contributed by atoms with van der Waals surface area (Å²) in [5.41, 5.74) is 1.41. The first-order valence-electron chi connectivity index (χ1n) is 6.58. The van der Waals surface area contributed by atoms with Crippen molar-refractivity contribution < 1.29 is 9.59 Å². The molecule has 0 saturated carbocycles. The SMILES string of the molecule is CCCN(CC(=O)NC)C(=O)Cc1ccc(C#N)cc1. The van der Waals surface area contributed by atoms with Crippen LogP contribution < -0.4 is 5.32 Å². The Morgan fingerprint density at radius 2 is 1.95 bits per heavy atom. The first kappa shape index (κ1) is 15.7. The van der Waals surface area contributed by atoms with Gasteiger partial charge >= 0.3 is 0 Å². The van der Waals surface area contributed by atoms with Crippen molar-refractivity contribution in [1.29, 1.82) is 5.26 Å². The Kier molecular flexibility index (Phi) is 6.24. The minimum absolute atomic E-state index is 0.0828. The summed E-state index contributed by atoms with van der Waals surface area (Å²) in [5.74, 6) is -0.258. The van der Waals surface area contributed by atoms with E-state index in [1.54, 1.807) is 36.2 Å². The van der Waals surface area contributed by atoms with Crippen LogP contribution in [0.1, 0.15) is 24.5 Å². The van der Waals surface area contributed by atoms with Crippen LogP contribution in [0.4, 0.5) is 0 Å². The molecule has 0 heterocycles. The number of rotatable bonds is 6. The van der Waals surface area contributed by atoms with Gasteiger partial charge in [-0.15, -0.1) is 0 Å². The number of amides is 2. The van der Waals surface area contributed by atoms with Crippen molar-refractivity contribution >= 4 is 11.8 Å². The second-order valence-electron chi connectivity index (χ2n) is 4.47. The highest BCUT2D eigenvalue weighted by Gasteiger charge is 2.16. The average Bonchev–Trinajstić information content (AvgIpc) is 2.47. The molecule has 1 aromatic carbocycles. The van der Waals surface area contributed by atoms with Crippen LogP contribution in [-0.2, 0) is 16.0 Å². The fourth-order valence-corrected chi connectivity index (χ4v) is 1.80. The molecule has 1 rings (SSSR count). The van der Waals surface area contributed by atoms with Gasteiger partial charge in [-0.1, -0.05) is 19.1 Å². The van der Waals surface area contributed by atoms with E-state index < -0.39 is 0 Å². The lowest BCUT2D eigenvalue weighted by Crippen LogP contribution is -2.40. The molecule has 0 atom stereocenters. The van der Waals surface area contributed by atoms with E-state index in [2.05, 4.69) is 5.32 Å². The Labute approximate surface area is 119 Å². The largest absolute Gasteiger partial charge is 0.358 e. The van der Waals surface area contributed by atoms with Crippen molar-refractivity contribution in [3.8, 4) is 6.07 Å². The highest BCUT2D eigenvalue weighted by atomic mass is 16.2. The van der Waals surface area contributed by atoms with Crippen molar-refractivity contribution in [3.63, 3.8) is 0 Å². The van der Waals surface area contributed by atoms with E-state index in [9.17, 15) is 9.59 Å². The molecular weight excluding hydrogens is 254 g/mol. The fraction of sp³-hybridized carbons (Fsp3) is 0.400. The lowest BCUT2D eigenvalue weighted by Gasteiger charge is -2.21. The minimum atomic E-state index is -0.174. The van der Waals surface area contributed by atoms with Gasteiger partial charge in [-0.2, -0.15) is 5.26 Å². The third-order valence-electron chi connectivity index (χ3n) is 2.90. The molecule has 0 aliphatic carbocycles. The highest BCUT2D eigenvalue weighted by Crippen LogP contribution is 2.06. The van der Waals surface area contributed by atoms with Gasteiger partial charge in [0.1, 0.15) is 0 Å². The van der Waals surface area contributed by atoms with Gasteiger partial charge in [-0.25, -0.2) is 0 Å². The summed E-state index contributed by atoms with van der Waals surface area (Å²) in [6, 6.07) is 8.94. The molecule has 0 bridgehead atoms. The van der Waals surface area contributed by atoms with E-state index in [1.807, 2.05) is 13.0 Å². The van der Waals surface area contributed by atoms with Crippen molar-refractivity contribution in [2.75, 3.05) is 20.1 Å². The number of hydrogen-bond acceptors (Lipinski definition) is 3. The van der Waals surface area contributed by atoms with Crippen LogP contribution in [0.3, 0.4) is 0 Å². The summed E-state index contributed by atoms with van der Waals surface area (Å²) < 4.78 is 0. The topological polar surface area (TPSA) is 73.2 Å². The van der Waals surface area contributed by atoms with Crippen molar-refractivity contribution in [2.24, 2.45) is 0 Å². The smallest absolute Gasteiger partial charge is 0.239 e. The van der Waals surface area contributed by atoms with Gasteiger partial charge in [0.15, 0.2) is 0 Å². The molecule has 1 N–H and O–H groups in total. The molecule has 1 aromatic rings. The summed E-state index contributed by atoms with van der Waals surface area (Å²) in [4.78, 5) is 25.1. The molecule has 20 heavy (non-hydrogen) atoms. The number of carbonyl (C=O) groups excluding carboxylic acids is 2. The Bertz CT molecular complexity index is 503. The summed E-state index contributed by atoms with van der Waals surface area (Å²) in [6.45, 7) is 2.60. The molecule has 2 amide bonds. The molecule has 5 nitrogen and oxygen atoms in total. The van der Waals surface area contributed by atoms with E-state index in [4.69, 9.17) is 5.26 Å². The molecule has 0 aromatic heterocycles. The summed E-state index contributed by atoms with van der Waals surface area (Å²) >= 11 is 0. The third kappa shape index (κ3) is 4.73. The van der Waals surface area contributed by atoms with Gasteiger partial charge in [0.25, 0.3) is 0 Å². The zero-order valence-corrected chi connectivity index (χ0v) is 11.8. The quantitative estimate of drug-likeness (QED) is 0.843. The van der Waals surface area contributed by atoms with Crippen LogP contribution in [-0.4, -0.2) is 36.9 Å². The van der Waals surface area contributed by atoms with Gasteiger partial charge in [0.05, 0.1) is 24.6 Å². The Hall–Kier alpha value is -2.35. The number of nitrogens with one attached hydrogen (secondary N) is 1. The van der Waals surface area contributed by atoms with Gasteiger partial charge in [0.2, 0.25) is 11.8 Å².